The van der Waals surface area contributed by atoms with Crippen LogP contribution in [0.25, 0.3) is 16.3 Å². The van der Waals surface area contributed by atoms with E-state index in [1.807, 2.05) is 36.4 Å². The van der Waals surface area contributed by atoms with Crippen molar-refractivity contribution < 1.29 is 28.6 Å². The third kappa shape index (κ3) is 3.54. The Morgan fingerprint density at radius 1 is 1.21 bits per heavy atom. The van der Waals surface area contributed by atoms with Crippen molar-refractivity contribution in [2.24, 2.45) is 0 Å². The summed E-state index contributed by atoms with van der Waals surface area (Å²) in [5.41, 5.74) is 4.44. The van der Waals surface area contributed by atoms with Gasteiger partial charge >= 0.3 is 8.25 Å². The van der Waals surface area contributed by atoms with E-state index in [1.54, 1.807) is 18.2 Å². The van der Waals surface area contributed by atoms with Crippen molar-refractivity contribution in [3.8, 4) is 11.8 Å². The summed E-state index contributed by atoms with van der Waals surface area (Å²) in [6, 6.07) is 17.8. The molecule has 5 rings (SSSR count). The van der Waals surface area contributed by atoms with Gasteiger partial charge in [-0.15, -0.1) is 4.52 Å². The zero-order chi connectivity index (χ0) is 23.9. The van der Waals surface area contributed by atoms with Crippen molar-refractivity contribution in [3.05, 3.63) is 66.6 Å². The molecule has 5 atom stereocenters. The average molecular weight is 480 g/mol. The van der Waals surface area contributed by atoms with Crippen LogP contribution in [0.2, 0.25) is 0 Å². The molecular formula is C22H19N5O6P+. The summed E-state index contributed by atoms with van der Waals surface area (Å²) in [6.07, 6.45) is -3.12. The van der Waals surface area contributed by atoms with Crippen LogP contribution < -0.4 is 10.3 Å². The Morgan fingerprint density at radius 2 is 2.00 bits per heavy atom. The van der Waals surface area contributed by atoms with Crippen LogP contribution in [0.1, 0.15) is 5.69 Å². The lowest BCUT2D eigenvalue weighted by Crippen LogP contribution is -2.41. The van der Waals surface area contributed by atoms with Gasteiger partial charge in [0.25, 0.3) is 0 Å². The molecule has 1 aliphatic heterocycles. The van der Waals surface area contributed by atoms with E-state index in [4.69, 9.17) is 19.5 Å². The van der Waals surface area contributed by atoms with Crippen LogP contribution in [0.5, 0.6) is 5.75 Å². The fourth-order valence-electron chi connectivity index (χ4n) is 4.07. The maximum atomic E-state index is 12.5. The summed E-state index contributed by atoms with van der Waals surface area (Å²) in [4.78, 5) is 3.89. The molecule has 0 saturated carbocycles. The Morgan fingerprint density at radius 3 is 2.82 bits per heavy atom. The monoisotopic (exact) mass is 480 g/mol. The van der Waals surface area contributed by atoms with Gasteiger partial charge in [0.1, 0.15) is 42.8 Å². The molecule has 0 aliphatic carbocycles. The van der Waals surface area contributed by atoms with Crippen LogP contribution in [-0.2, 0) is 19.4 Å². The van der Waals surface area contributed by atoms with Crippen LogP contribution in [-0.4, -0.2) is 49.7 Å². The van der Waals surface area contributed by atoms with Gasteiger partial charge in [-0.05, 0) is 23.6 Å². The molecule has 0 spiro atoms. The number of ether oxygens (including phenoxy) is 1. The highest BCUT2D eigenvalue weighted by Crippen LogP contribution is 2.41. The minimum absolute atomic E-state index is 0.157. The fourth-order valence-corrected chi connectivity index (χ4v) is 4.71. The second-order valence-electron chi connectivity index (χ2n) is 7.69. The summed E-state index contributed by atoms with van der Waals surface area (Å²) in [6.45, 7) is -0.401. The SMILES string of the molecule is N#C[C@@]1(c2ccc3c(N)ncnn23)O[C@H](CO[P+](=O)Oc2cccc3ccccc23)[C@@H](O)[C@H]1O. The third-order valence-corrected chi connectivity index (χ3v) is 6.46. The number of anilines is 1. The topological polar surface area (TPSA) is 165 Å². The Balaban J connectivity index is 1.34. The Labute approximate surface area is 193 Å². The first-order valence-electron chi connectivity index (χ1n) is 10.2. The van der Waals surface area contributed by atoms with E-state index in [0.717, 1.165) is 10.8 Å². The number of hydrogen-bond acceptors (Lipinski definition) is 10. The molecule has 1 saturated heterocycles. The molecule has 4 N–H and O–H groups in total. The summed E-state index contributed by atoms with van der Waals surface area (Å²) < 4.78 is 30.3. The lowest BCUT2D eigenvalue weighted by Gasteiger charge is -2.24. The summed E-state index contributed by atoms with van der Waals surface area (Å²) in [7, 11) is -2.64. The van der Waals surface area contributed by atoms with Crippen molar-refractivity contribution in [1.82, 2.24) is 14.6 Å². The van der Waals surface area contributed by atoms with E-state index in [-0.39, 0.29) is 11.5 Å². The number of aliphatic hydroxyl groups excluding tert-OH is 2. The zero-order valence-electron chi connectivity index (χ0n) is 17.6. The number of aromatic nitrogens is 3. The highest BCUT2D eigenvalue weighted by Gasteiger charge is 2.58. The molecule has 172 valence electrons. The number of nitrogens with two attached hydrogens (primary N) is 1. The normalized spacial score (nSPS) is 24.9. The lowest BCUT2D eigenvalue weighted by molar-refractivity contribution is -0.0611. The number of nitrogens with zero attached hydrogens (tertiary/aromatic N) is 4. The van der Waals surface area contributed by atoms with Gasteiger partial charge in [-0.1, -0.05) is 36.4 Å². The number of hydrogen-bond donors (Lipinski definition) is 3. The third-order valence-electron chi connectivity index (χ3n) is 5.75. The molecule has 2 aromatic carbocycles. The molecule has 3 heterocycles. The van der Waals surface area contributed by atoms with Gasteiger partial charge in [0.05, 0.1) is 5.69 Å². The lowest BCUT2D eigenvalue weighted by atomic mass is 9.92. The zero-order valence-corrected chi connectivity index (χ0v) is 18.4. The Hall–Kier alpha value is -3.65. The molecule has 4 aromatic rings. The maximum Gasteiger partial charge on any atom is 0.750 e. The van der Waals surface area contributed by atoms with Gasteiger partial charge in [0, 0.05) is 9.95 Å². The van der Waals surface area contributed by atoms with Crippen molar-refractivity contribution >= 4 is 30.4 Å². The molecule has 1 unspecified atom stereocenters. The number of nitriles is 1. The number of fused-ring (bicyclic) bond motifs is 2. The first-order chi connectivity index (χ1) is 16.4. The second-order valence-corrected chi connectivity index (χ2v) is 8.58. The van der Waals surface area contributed by atoms with Gasteiger partial charge in [0.15, 0.2) is 11.6 Å². The molecule has 34 heavy (non-hydrogen) atoms. The van der Waals surface area contributed by atoms with Crippen LogP contribution >= 0.6 is 8.25 Å². The number of aliphatic hydroxyl groups is 2. The van der Waals surface area contributed by atoms with Crippen LogP contribution in [0, 0.1) is 11.3 Å². The number of benzene rings is 2. The second kappa shape index (κ2) is 8.61. The Kier molecular flexibility index (Phi) is 5.61. The van der Waals surface area contributed by atoms with Crippen molar-refractivity contribution in [3.63, 3.8) is 0 Å². The fraction of sp³-hybridized carbons (Fsp3) is 0.227. The Bertz CT molecular complexity index is 1430. The van der Waals surface area contributed by atoms with Gasteiger partial charge in [0.2, 0.25) is 5.60 Å². The van der Waals surface area contributed by atoms with Gasteiger partial charge < -0.3 is 20.7 Å². The van der Waals surface area contributed by atoms with Crippen LogP contribution in [0.3, 0.4) is 0 Å². The largest absolute Gasteiger partial charge is 0.750 e. The molecule has 12 heteroatoms. The highest BCUT2D eigenvalue weighted by atomic mass is 31.1. The standard InChI is InChI=1S/C22H19N5O6P/c23-11-22(18-9-8-15-21(24)25-12-26-27(15)18)20(29)19(28)17(32-22)10-31-34(30)33-16-7-3-5-13-4-1-2-6-14(13)16/h1-9,12,17,19-20,28-29H,10H2,(H2,24,25,26)/q+1/t17-,19-,20-,22+/m1/s1. The van der Waals surface area contributed by atoms with E-state index in [1.165, 1.54) is 16.9 Å². The summed E-state index contributed by atoms with van der Waals surface area (Å²) in [5.74, 6) is 0.542. The van der Waals surface area contributed by atoms with Crippen molar-refractivity contribution in [2.45, 2.75) is 23.9 Å². The minimum atomic E-state index is -2.64. The molecule has 11 nitrogen and oxygen atoms in total. The van der Waals surface area contributed by atoms with E-state index in [9.17, 15) is 20.0 Å². The molecule has 0 bridgehead atoms. The molecular weight excluding hydrogens is 461 g/mol. The first kappa shape index (κ1) is 22.2. The minimum Gasteiger partial charge on any atom is -0.387 e. The van der Waals surface area contributed by atoms with E-state index in [2.05, 4.69) is 10.1 Å². The van der Waals surface area contributed by atoms with Gasteiger partial charge in [-0.25, -0.2) is 14.0 Å². The predicted octanol–water partition coefficient (Wildman–Crippen LogP) is 2.06. The van der Waals surface area contributed by atoms with Crippen molar-refractivity contribution in [1.29, 1.82) is 5.26 Å². The number of rotatable bonds is 6. The molecule has 0 amide bonds. The highest BCUT2D eigenvalue weighted by molar-refractivity contribution is 7.33. The average Bonchev–Trinajstić information content (AvgIpc) is 3.39. The number of nitrogen functional groups attached to an aromatic ring is 1. The van der Waals surface area contributed by atoms with E-state index >= 15 is 0 Å². The summed E-state index contributed by atoms with van der Waals surface area (Å²) in [5, 5.41) is 37.0. The smallest absolute Gasteiger partial charge is 0.387 e. The van der Waals surface area contributed by atoms with Gasteiger partial charge in [-0.3, -0.25) is 0 Å². The van der Waals surface area contributed by atoms with E-state index < -0.39 is 38.8 Å². The van der Waals surface area contributed by atoms with Crippen molar-refractivity contribution in [2.75, 3.05) is 12.3 Å². The maximum absolute atomic E-state index is 12.5. The molecule has 0 radical (unpaired) electrons. The quantitative estimate of drug-likeness (QED) is 0.348. The van der Waals surface area contributed by atoms with E-state index in [0.29, 0.717) is 11.3 Å². The van der Waals surface area contributed by atoms with Crippen LogP contribution in [0.15, 0.2) is 60.9 Å². The molecule has 1 fully saturated rings. The molecule has 1 aliphatic rings. The van der Waals surface area contributed by atoms with Crippen LogP contribution in [0.4, 0.5) is 5.82 Å². The van der Waals surface area contributed by atoms with Gasteiger partial charge in [-0.2, -0.15) is 10.4 Å². The molecule has 2 aromatic heterocycles. The first-order valence-corrected chi connectivity index (χ1v) is 11.3. The predicted molar refractivity (Wildman–Crippen MR) is 120 cm³/mol. The summed E-state index contributed by atoms with van der Waals surface area (Å²) >= 11 is 0.